The second kappa shape index (κ2) is 4.86. The lowest BCUT2D eigenvalue weighted by Crippen LogP contribution is -2.62. The summed E-state index contributed by atoms with van der Waals surface area (Å²) in [5, 5.41) is 0. The minimum Gasteiger partial charge on any atom is -0.355 e. The van der Waals surface area contributed by atoms with Crippen molar-refractivity contribution in [2.45, 2.75) is 64.0 Å². The van der Waals surface area contributed by atoms with Gasteiger partial charge in [0.25, 0.3) is 0 Å². The van der Waals surface area contributed by atoms with Crippen molar-refractivity contribution < 1.29 is 0 Å². The van der Waals surface area contributed by atoms with Crippen LogP contribution in [0.25, 0.3) is 0 Å². The van der Waals surface area contributed by atoms with Crippen LogP contribution in [-0.4, -0.2) is 30.7 Å². The van der Waals surface area contributed by atoms with E-state index in [9.17, 15) is 0 Å². The highest BCUT2D eigenvalue weighted by Crippen LogP contribution is 2.65. The Balaban J connectivity index is 2.07. The van der Waals surface area contributed by atoms with Crippen LogP contribution >= 0.6 is 0 Å². The van der Waals surface area contributed by atoms with E-state index in [0.717, 1.165) is 6.54 Å². The molecule has 1 aliphatic carbocycles. The van der Waals surface area contributed by atoms with Crippen molar-refractivity contribution in [3.8, 4) is 0 Å². The van der Waals surface area contributed by atoms with Crippen molar-refractivity contribution in [1.82, 2.24) is 4.90 Å². The lowest BCUT2D eigenvalue weighted by atomic mass is 9.65. The average Bonchev–Trinajstić information content (AvgIpc) is 2.89. The molecule has 0 N–H and O–H groups in total. The Hall–Kier alpha value is -1.28. The van der Waals surface area contributed by atoms with Crippen LogP contribution in [0.5, 0.6) is 0 Å². The van der Waals surface area contributed by atoms with Gasteiger partial charge in [-0.3, -0.25) is 4.90 Å². The van der Waals surface area contributed by atoms with Gasteiger partial charge in [-0.2, -0.15) is 0 Å². The first-order valence-electron chi connectivity index (χ1n) is 9.28. The molecule has 3 aliphatic rings. The van der Waals surface area contributed by atoms with Gasteiger partial charge in [-0.1, -0.05) is 25.1 Å². The zero-order valence-corrected chi connectivity index (χ0v) is 15.2. The average molecular weight is 310 g/mol. The van der Waals surface area contributed by atoms with Crippen molar-refractivity contribution >= 4 is 5.69 Å². The van der Waals surface area contributed by atoms with E-state index in [1.807, 2.05) is 0 Å². The molecular formula is C21H30N2. The van der Waals surface area contributed by atoms with Crippen LogP contribution in [0.2, 0.25) is 0 Å². The molecule has 0 radical (unpaired) electrons. The molecule has 4 rings (SSSR count). The number of fused-ring (bicyclic) bond motifs is 1. The molecule has 1 aromatic carbocycles. The molecule has 1 saturated heterocycles. The van der Waals surface area contributed by atoms with Gasteiger partial charge in [-0.15, -0.1) is 0 Å². The lowest BCUT2D eigenvalue weighted by Gasteiger charge is -2.50. The number of hydrogen-bond donors (Lipinski definition) is 0. The third-order valence-corrected chi connectivity index (χ3v) is 7.00. The quantitative estimate of drug-likeness (QED) is 0.703. The molecule has 0 unspecified atom stereocenters. The summed E-state index contributed by atoms with van der Waals surface area (Å²) in [7, 11) is 2.34. The lowest BCUT2D eigenvalue weighted by molar-refractivity contribution is 0.103. The fraction of sp³-hybridized carbons (Fsp3) is 0.619. The Labute approximate surface area is 141 Å². The number of benzene rings is 1. The van der Waals surface area contributed by atoms with Crippen molar-refractivity contribution in [2.75, 3.05) is 25.0 Å². The van der Waals surface area contributed by atoms with E-state index in [-0.39, 0.29) is 11.1 Å². The van der Waals surface area contributed by atoms with Gasteiger partial charge in [-0.25, -0.2) is 0 Å². The fourth-order valence-electron chi connectivity index (χ4n) is 6.26. The fourth-order valence-corrected chi connectivity index (χ4v) is 6.26. The van der Waals surface area contributed by atoms with Crippen LogP contribution in [0.3, 0.4) is 0 Å². The van der Waals surface area contributed by atoms with Gasteiger partial charge in [-0.05, 0) is 75.3 Å². The molecule has 0 amide bonds. The molecule has 2 heteroatoms. The Morgan fingerprint density at radius 2 is 1.96 bits per heavy atom. The normalized spacial score (nSPS) is 33.4. The molecule has 2 heterocycles. The minimum atomic E-state index is 0.121. The summed E-state index contributed by atoms with van der Waals surface area (Å²) in [6, 6.07) is 4.79. The van der Waals surface area contributed by atoms with E-state index in [2.05, 4.69) is 56.3 Å². The maximum absolute atomic E-state index is 4.66. The summed E-state index contributed by atoms with van der Waals surface area (Å²) < 4.78 is 0. The highest BCUT2D eigenvalue weighted by molar-refractivity contribution is 5.73. The summed E-state index contributed by atoms with van der Waals surface area (Å²) in [6.07, 6.45) is 6.31. The number of anilines is 1. The topological polar surface area (TPSA) is 6.48 Å². The van der Waals surface area contributed by atoms with Gasteiger partial charge < -0.3 is 4.90 Å². The third kappa shape index (κ3) is 1.58. The van der Waals surface area contributed by atoms with Crippen molar-refractivity contribution in [3.63, 3.8) is 0 Å². The van der Waals surface area contributed by atoms with Gasteiger partial charge >= 0.3 is 0 Å². The van der Waals surface area contributed by atoms with Crippen LogP contribution in [0.1, 0.15) is 55.7 Å². The van der Waals surface area contributed by atoms with Gasteiger partial charge in [0.05, 0.1) is 5.41 Å². The SMILES string of the molecule is C=C1CCCC[C@@]23N(CC)CC[C@@]12c1c(C)cc(C)cc1N3C. The molecule has 2 aliphatic heterocycles. The van der Waals surface area contributed by atoms with Gasteiger partial charge in [0.15, 0.2) is 0 Å². The largest absolute Gasteiger partial charge is 0.355 e. The van der Waals surface area contributed by atoms with E-state index in [0.29, 0.717) is 0 Å². The van der Waals surface area contributed by atoms with E-state index >= 15 is 0 Å². The first-order chi connectivity index (χ1) is 11.0. The molecule has 2 atom stereocenters. The van der Waals surface area contributed by atoms with Crippen LogP contribution < -0.4 is 4.90 Å². The molecule has 0 aromatic heterocycles. The number of aryl methyl sites for hydroxylation is 2. The molecule has 2 fully saturated rings. The Bertz CT molecular complexity index is 677. The molecule has 23 heavy (non-hydrogen) atoms. The Morgan fingerprint density at radius 3 is 2.70 bits per heavy atom. The molecule has 2 nitrogen and oxygen atoms in total. The smallest absolute Gasteiger partial charge is 0.107 e. The first-order valence-corrected chi connectivity index (χ1v) is 9.28. The van der Waals surface area contributed by atoms with Crippen molar-refractivity contribution in [2.24, 2.45) is 0 Å². The molecule has 124 valence electrons. The van der Waals surface area contributed by atoms with Gasteiger partial charge in [0, 0.05) is 19.3 Å². The standard InChI is InChI=1S/C21H30N2/c1-6-23-12-11-20-17(4)9-7-8-10-21(20,23)22(5)18-14-15(2)13-16(3)19(18)20/h13-14H,4,6-12H2,1-3,5H3/t20-,21+/m0/s1. The Kier molecular flexibility index (Phi) is 3.22. The van der Waals surface area contributed by atoms with Crippen LogP contribution in [0.15, 0.2) is 24.3 Å². The summed E-state index contributed by atoms with van der Waals surface area (Å²) in [6.45, 7) is 13.9. The molecule has 0 spiro atoms. The van der Waals surface area contributed by atoms with Crippen molar-refractivity contribution in [3.05, 3.63) is 41.0 Å². The number of likely N-dealkylation sites (tertiary alicyclic amines) is 1. The van der Waals surface area contributed by atoms with Gasteiger partial charge in [0.1, 0.15) is 5.66 Å². The second-order valence-corrected chi connectivity index (χ2v) is 7.90. The van der Waals surface area contributed by atoms with Crippen LogP contribution in [0.4, 0.5) is 5.69 Å². The molecule has 1 saturated carbocycles. The Morgan fingerprint density at radius 1 is 1.17 bits per heavy atom. The number of nitrogens with zero attached hydrogens (tertiary/aromatic N) is 2. The van der Waals surface area contributed by atoms with E-state index in [4.69, 9.17) is 0 Å². The first kappa shape index (κ1) is 15.3. The maximum atomic E-state index is 4.66. The minimum absolute atomic E-state index is 0.121. The highest BCUT2D eigenvalue weighted by atomic mass is 15.4. The third-order valence-electron chi connectivity index (χ3n) is 7.00. The van der Waals surface area contributed by atoms with Crippen LogP contribution in [0, 0.1) is 13.8 Å². The summed E-state index contributed by atoms with van der Waals surface area (Å²) in [5.41, 5.74) is 7.65. The second-order valence-electron chi connectivity index (χ2n) is 7.90. The van der Waals surface area contributed by atoms with E-state index in [1.54, 1.807) is 5.56 Å². The number of rotatable bonds is 1. The monoisotopic (exact) mass is 310 g/mol. The van der Waals surface area contributed by atoms with Gasteiger partial charge in [0.2, 0.25) is 0 Å². The highest BCUT2D eigenvalue weighted by Gasteiger charge is 2.67. The summed E-state index contributed by atoms with van der Waals surface area (Å²) in [4.78, 5) is 5.38. The summed E-state index contributed by atoms with van der Waals surface area (Å²) >= 11 is 0. The van der Waals surface area contributed by atoms with E-state index in [1.165, 1.54) is 61.0 Å². The molecule has 0 bridgehead atoms. The van der Waals surface area contributed by atoms with Crippen molar-refractivity contribution in [1.29, 1.82) is 0 Å². The predicted molar refractivity (Wildman–Crippen MR) is 98.2 cm³/mol. The maximum Gasteiger partial charge on any atom is 0.107 e. The zero-order valence-electron chi connectivity index (χ0n) is 15.2. The molecular weight excluding hydrogens is 280 g/mol. The van der Waals surface area contributed by atoms with Crippen LogP contribution in [-0.2, 0) is 5.41 Å². The molecule has 1 aromatic rings. The van der Waals surface area contributed by atoms with E-state index < -0.39 is 0 Å². The summed E-state index contributed by atoms with van der Waals surface area (Å²) in [5.74, 6) is 0. The number of likely N-dealkylation sites (N-methyl/N-ethyl adjacent to an activating group) is 2. The zero-order chi connectivity index (χ0) is 16.4. The number of hydrogen-bond acceptors (Lipinski definition) is 2. The predicted octanol–water partition coefficient (Wildman–Crippen LogP) is 4.54.